The number of hydrogen-bond donors (Lipinski definition) is 2. The molecule has 4 nitrogen and oxygen atoms in total. The van der Waals surface area contributed by atoms with Gasteiger partial charge in [-0.3, -0.25) is 9.89 Å². The highest BCUT2D eigenvalue weighted by atomic mass is 15.2. The van der Waals surface area contributed by atoms with Crippen molar-refractivity contribution in [3.05, 3.63) is 35.9 Å². The second-order valence-electron chi connectivity index (χ2n) is 5.54. The summed E-state index contributed by atoms with van der Waals surface area (Å²) in [5.74, 6) is 0.866. The summed E-state index contributed by atoms with van der Waals surface area (Å²) in [5, 5.41) is 6.75. The van der Waals surface area contributed by atoms with Crippen molar-refractivity contribution in [3.8, 4) is 0 Å². The summed E-state index contributed by atoms with van der Waals surface area (Å²) in [6, 6.07) is 11.7. The monoisotopic (exact) mass is 274 g/mol. The van der Waals surface area contributed by atoms with Crippen molar-refractivity contribution in [1.82, 2.24) is 15.5 Å². The molecule has 2 rings (SSSR count). The fourth-order valence-corrected chi connectivity index (χ4v) is 2.23. The third-order valence-electron chi connectivity index (χ3n) is 3.91. The molecule has 0 amide bonds. The molecule has 1 fully saturated rings. The summed E-state index contributed by atoms with van der Waals surface area (Å²) in [6.45, 7) is 3.98. The lowest BCUT2D eigenvalue weighted by molar-refractivity contribution is 0.247. The Bertz CT molecular complexity index is 425. The predicted molar refractivity (Wildman–Crippen MR) is 84.9 cm³/mol. The Morgan fingerprint density at radius 1 is 1.30 bits per heavy atom. The zero-order valence-electron chi connectivity index (χ0n) is 12.8. The van der Waals surface area contributed by atoms with E-state index in [1.54, 1.807) is 0 Å². The molecule has 0 bridgehead atoms. The van der Waals surface area contributed by atoms with E-state index in [0.717, 1.165) is 25.1 Å². The molecule has 110 valence electrons. The first-order valence-corrected chi connectivity index (χ1v) is 7.41. The van der Waals surface area contributed by atoms with Gasteiger partial charge in [-0.05, 0) is 32.4 Å². The Labute approximate surface area is 122 Å². The molecule has 0 aliphatic heterocycles. The van der Waals surface area contributed by atoms with Crippen molar-refractivity contribution >= 4 is 5.96 Å². The van der Waals surface area contributed by atoms with Gasteiger partial charge in [0, 0.05) is 32.2 Å². The highest BCUT2D eigenvalue weighted by Crippen LogP contribution is 2.26. The van der Waals surface area contributed by atoms with E-state index in [1.165, 1.54) is 18.4 Å². The smallest absolute Gasteiger partial charge is 0.191 e. The summed E-state index contributed by atoms with van der Waals surface area (Å²) in [4.78, 5) is 6.73. The minimum absolute atomic E-state index is 0.526. The number of rotatable bonds is 6. The number of benzene rings is 1. The molecule has 1 aromatic rings. The topological polar surface area (TPSA) is 39.7 Å². The van der Waals surface area contributed by atoms with E-state index in [2.05, 4.69) is 58.8 Å². The van der Waals surface area contributed by atoms with Gasteiger partial charge in [-0.1, -0.05) is 30.3 Å². The SMILES string of the molecule is CN=C(NCc1ccccc1)NCC(C)N(C)C1CC1. The second-order valence-corrected chi connectivity index (χ2v) is 5.54. The van der Waals surface area contributed by atoms with Crippen LogP contribution in [0.25, 0.3) is 0 Å². The molecule has 20 heavy (non-hydrogen) atoms. The first-order chi connectivity index (χ1) is 9.70. The van der Waals surface area contributed by atoms with Crippen molar-refractivity contribution < 1.29 is 0 Å². The number of aliphatic imine (C=N–C) groups is 1. The van der Waals surface area contributed by atoms with Gasteiger partial charge in [-0.15, -0.1) is 0 Å². The number of likely N-dealkylation sites (N-methyl/N-ethyl adjacent to an activating group) is 1. The summed E-state index contributed by atoms with van der Waals surface area (Å²) < 4.78 is 0. The van der Waals surface area contributed by atoms with Crippen LogP contribution in [0.3, 0.4) is 0 Å². The van der Waals surface area contributed by atoms with Crippen LogP contribution in [0.4, 0.5) is 0 Å². The molecule has 1 aliphatic rings. The van der Waals surface area contributed by atoms with Crippen molar-refractivity contribution in [1.29, 1.82) is 0 Å². The Morgan fingerprint density at radius 2 is 2.00 bits per heavy atom. The van der Waals surface area contributed by atoms with E-state index in [0.29, 0.717) is 6.04 Å². The van der Waals surface area contributed by atoms with Crippen LogP contribution in [0.15, 0.2) is 35.3 Å². The minimum atomic E-state index is 0.526. The molecule has 1 aromatic carbocycles. The zero-order valence-corrected chi connectivity index (χ0v) is 12.8. The van der Waals surface area contributed by atoms with Gasteiger partial charge in [0.15, 0.2) is 5.96 Å². The van der Waals surface area contributed by atoms with Crippen LogP contribution in [-0.2, 0) is 6.54 Å². The predicted octanol–water partition coefficient (Wildman–Crippen LogP) is 1.83. The van der Waals surface area contributed by atoms with Crippen LogP contribution in [0.1, 0.15) is 25.3 Å². The van der Waals surface area contributed by atoms with Gasteiger partial charge < -0.3 is 10.6 Å². The largest absolute Gasteiger partial charge is 0.355 e. The normalized spacial score (nSPS) is 17.1. The molecule has 0 saturated heterocycles. The van der Waals surface area contributed by atoms with Gasteiger partial charge in [0.05, 0.1) is 0 Å². The molecule has 0 radical (unpaired) electrons. The number of nitrogens with one attached hydrogen (secondary N) is 2. The van der Waals surface area contributed by atoms with Crippen molar-refractivity contribution in [2.75, 3.05) is 20.6 Å². The molecule has 1 unspecified atom stereocenters. The maximum Gasteiger partial charge on any atom is 0.191 e. The summed E-state index contributed by atoms with van der Waals surface area (Å²) in [7, 11) is 4.03. The fourth-order valence-electron chi connectivity index (χ4n) is 2.23. The highest BCUT2D eigenvalue weighted by Gasteiger charge is 2.28. The molecule has 1 aliphatic carbocycles. The van der Waals surface area contributed by atoms with Crippen LogP contribution in [-0.4, -0.2) is 43.6 Å². The van der Waals surface area contributed by atoms with Gasteiger partial charge in [0.1, 0.15) is 0 Å². The first kappa shape index (κ1) is 14.9. The summed E-state index contributed by atoms with van der Waals surface area (Å²) >= 11 is 0. The van der Waals surface area contributed by atoms with E-state index >= 15 is 0 Å². The average Bonchev–Trinajstić information content (AvgIpc) is 3.32. The van der Waals surface area contributed by atoms with Crippen LogP contribution in [0.5, 0.6) is 0 Å². The third-order valence-corrected chi connectivity index (χ3v) is 3.91. The van der Waals surface area contributed by atoms with Crippen molar-refractivity contribution in [2.24, 2.45) is 4.99 Å². The lowest BCUT2D eigenvalue weighted by Gasteiger charge is -2.25. The van der Waals surface area contributed by atoms with Crippen molar-refractivity contribution in [3.63, 3.8) is 0 Å². The van der Waals surface area contributed by atoms with Crippen LogP contribution in [0, 0.1) is 0 Å². The Morgan fingerprint density at radius 3 is 2.60 bits per heavy atom. The molecular weight excluding hydrogens is 248 g/mol. The molecule has 0 spiro atoms. The number of nitrogens with zero attached hydrogens (tertiary/aromatic N) is 2. The average molecular weight is 274 g/mol. The molecular formula is C16H26N4. The second kappa shape index (κ2) is 7.29. The standard InChI is InChI=1S/C16H26N4/c1-13(20(3)15-9-10-15)11-18-16(17-2)19-12-14-7-5-4-6-8-14/h4-8,13,15H,9-12H2,1-3H3,(H2,17,18,19). The summed E-state index contributed by atoms with van der Waals surface area (Å²) in [5.41, 5.74) is 1.26. The molecule has 1 atom stereocenters. The molecule has 0 aromatic heterocycles. The number of guanidine groups is 1. The van der Waals surface area contributed by atoms with Gasteiger partial charge >= 0.3 is 0 Å². The maximum absolute atomic E-state index is 4.27. The minimum Gasteiger partial charge on any atom is -0.355 e. The Balaban J connectivity index is 1.72. The van der Waals surface area contributed by atoms with E-state index < -0.39 is 0 Å². The van der Waals surface area contributed by atoms with Gasteiger partial charge in [-0.2, -0.15) is 0 Å². The Kier molecular flexibility index (Phi) is 5.41. The fraction of sp³-hybridized carbons (Fsp3) is 0.562. The van der Waals surface area contributed by atoms with Crippen LogP contribution < -0.4 is 10.6 Å². The van der Waals surface area contributed by atoms with Gasteiger partial charge in [-0.25, -0.2) is 0 Å². The third kappa shape index (κ3) is 4.53. The summed E-state index contributed by atoms with van der Waals surface area (Å²) in [6.07, 6.45) is 2.70. The van der Waals surface area contributed by atoms with E-state index in [4.69, 9.17) is 0 Å². The molecule has 1 saturated carbocycles. The van der Waals surface area contributed by atoms with Gasteiger partial charge in [0.25, 0.3) is 0 Å². The van der Waals surface area contributed by atoms with E-state index in [9.17, 15) is 0 Å². The number of hydrogen-bond acceptors (Lipinski definition) is 2. The molecule has 2 N–H and O–H groups in total. The lowest BCUT2D eigenvalue weighted by atomic mass is 10.2. The van der Waals surface area contributed by atoms with Crippen molar-refractivity contribution in [2.45, 2.75) is 38.4 Å². The lowest BCUT2D eigenvalue weighted by Crippen LogP contribution is -2.45. The zero-order chi connectivity index (χ0) is 14.4. The molecule has 0 heterocycles. The maximum atomic E-state index is 4.27. The van der Waals surface area contributed by atoms with Gasteiger partial charge in [0.2, 0.25) is 0 Å². The highest BCUT2D eigenvalue weighted by molar-refractivity contribution is 5.79. The first-order valence-electron chi connectivity index (χ1n) is 7.41. The quantitative estimate of drug-likeness (QED) is 0.614. The van der Waals surface area contributed by atoms with E-state index in [1.807, 2.05) is 13.1 Å². The van der Waals surface area contributed by atoms with Crippen LogP contribution >= 0.6 is 0 Å². The Hall–Kier alpha value is -1.55. The van der Waals surface area contributed by atoms with E-state index in [-0.39, 0.29) is 0 Å². The molecule has 4 heteroatoms. The van der Waals surface area contributed by atoms with Crippen LogP contribution in [0.2, 0.25) is 0 Å².